The van der Waals surface area contributed by atoms with Gasteiger partial charge in [-0.1, -0.05) is 0 Å². The molecule has 0 unspecified atom stereocenters. The Bertz CT molecular complexity index is 671. The summed E-state index contributed by atoms with van der Waals surface area (Å²) >= 11 is 0. The fraction of sp³-hybridized carbons (Fsp3) is 0.650. The zero-order valence-electron chi connectivity index (χ0n) is 16.8. The summed E-state index contributed by atoms with van der Waals surface area (Å²) in [5, 5.41) is 0. The molecule has 8 heteroatoms. The van der Waals surface area contributed by atoms with Gasteiger partial charge in [-0.25, -0.2) is 13.6 Å². The lowest BCUT2D eigenvalue weighted by atomic mass is 10.1. The molecule has 6 nitrogen and oxygen atoms in total. The zero-order valence-corrected chi connectivity index (χ0v) is 16.8. The minimum Gasteiger partial charge on any atom is -0.444 e. The molecule has 0 aromatic heterocycles. The van der Waals surface area contributed by atoms with Crippen molar-refractivity contribution in [1.82, 2.24) is 9.80 Å². The average Bonchev–Trinajstić information content (AvgIpc) is 2.61. The molecule has 0 atom stereocenters. The van der Waals surface area contributed by atoms with E-state index in [4.69, 9.17) is 9.47 Å². The molecule has 1 aromatic carbocycles. The first-order valence-electron chi connectivity index (χ1n) is 9.74. The fourth-order valence-electron chi connectivity index (χ4n) is 3.47. The lowest BCUT2D eigenvalue weighted by Crippen LogP contribution is -2.50. The number of amides is 1. The van der Waals surface area contributed by atoms with Crippen molar-refractivity contribution in [2.45, 2.75) is 32.9 Å². The number of carbonyl (C=O) groups is 1. The molecule has 0 N–H and O–H groups in total. The van der Waals surface area contributed by atoms with Crippen LogP contribution in [-0.4, -0.2) is 74.0 Å². The van der Waals surface area contributed by atoms with Gasteiger partial charge in [-0.3, -0.25) is 4.90 Å². The van der Waals surface area contributed by atoms with Crippen molar-refractivity contribution in [1.29, 1.82) is 0 Å². The van der Waals surface area contributed by atoms with E-state index in [1.807, 2.05) is 20.8 Å². The highest BCUT2D eigenvalue weighted by atomic mass is 19.1. The van der Waals surface area contributed by atoms with E-state index in [1.54, 1.807) is 9.80 Å². The van der Waals surface area contributed by atoms with Crippen LogP contribution < -0.4 is 4.90 Å². The number of benzene rings is 1. The van der Waals surface area contributed by atoms with Gasteiger partial charge in [0.25, 0.3) is 0 Å². The summed E-state index contributed by atoms with van der Waals surface area (Å²) in [6.45, 7) is 10.2. The maximum atomic E-state index is 14.7. The van der Waals surface area contributed by atoms with E-state index in [-0.39, 0.29) is 5.69 Å². The van der Waals surface area contributed by atoms with Gasteiger partial charge in [0.15, 0.2) is 0 Å². The van der Waals surface area contributed by atoms with E-state index >= 15 is 0 Å². The van der Waals surface area contributed by atoms with E-state index in [2.05, 4.69) is 4.90 Å². The molecule has 1 amide bonds. The molecule has 28 heavy (non-hydrogen) atoms. The normalized spacial score (nSPS) is 19.0. The van der Waals surface area contributed by atoms with Gasteiger partial charge < -0.3 is 19.3 Å². The maximum absolute atomic E-state index is 14.7. The maximum Gasteiger partial charge on any atom is 0.410 e. The monoisotopic (exact) mass is 397 g/mol. The molecule has 2 fully saturated rings. The highest BCUT2D eigenvalue weighted by molar-refractivity contribution is 5.68. The Hall–Kier alpha value is -1.93. The van der Waals surface area contributed by atoms with Gasteiger partial charge in [-0.05, 0) is 38.5 Å². The second kappa shape index (κ2) is 8.61. The molecule has 156 valence electrons. The Morgan fingerprint density at radius 1 is 1.04 bits per heavy atom. The van der Waals surface area contributed by atoms with Crippen LogP contribution in [0.15, 0.2) is 12.1 Å². The van der Waals surface area contributed by atoms with Crippen LogP contribution in [0, 0.1) is 11.6 Å². The molecule has 2 saturated heterocycles. The Balaban J connectivity index is 1.62. The van der Waals surface area contributed by atoms with Gasteiger partial charge in [0, 0.05) is 45.8 Å². The van der Waals surface area contributed by atoms with Crippen molar-refractivity contribution in [3.63, 3.8) is 0 Å². The molecule has 3 rings (SSSR count). The predicted molar refractivity (Wildman–Crippen MR) is 102 cm³/mol. The van der Waals surface area contributed by atoms with Crippen molar-refractivity contribution in [3.05, 3.63) is 29.3 Å². The van der Waals surface area contributed by atoms with Gasteiger partial charge in [0.05, 0.1) is 13.2 Å². The van der Waals surface area contributed by atoms with Crippen LogP contribution in [0.3, 0.4) is 0 Å². The van der Waals surface area contributed by atoms with E-state index in [9.17, 15) is 13.6 Å². The summed E-state index contributed by atoms with van der Waals surface area (Å²) in [6, 6.07) is 2.82. The molecule has 0 saturated carbocycles. The van der Waals surface area contributed by atoms with Crippen molar-refractivity contribution < 1.29 is 23.0 Å². The number of halogens is 2. The third-order valence-corrected chi connectivity index (χ3v) is 4.83. The van der Waals surface area contributed by atoms with Crippen molar-refractivity contribution in [3.8, 4) is 0 Å². The molecule has 1 aromatic rings. The Kier molecular flexibility index (Phi) is 6.40. The quantitative estimate of drug-likeness (QED) is 0.785. The smallest absolute Gasteiger partial charge is 0.410 e. The molecular formula is C20H29F2N3O3. The molecule has 0 bridgehead atoms. The van der Waals surface area contributed by atoms with Crippen LogP contribution in [0.1, 0.15) is 26.3 Å². The number of anilines is 1. The minimum absolute atomic E-state index is 0.0189. The highest BCUT2D eigenvalue weighted by Crippen LogP contribution is 2.27. The number of piperazine rings is 1. The summed E-state index contributed by atoms with van der Waals surface area (Å²) in [5.41, 5.74) is 0.0329. The number of morpholine rings is 1. The van der Waals surface area contributed by atoms with Gasteiger partial charge in [0.1, 0.15) is 22.9 Å². The molecule has 2 heterocycles. The average molecular weight is 397 g/mol. The van der Waals surface area contributed by atoms with Crippen molar-refractivity contribution >= 4 is 11.8 Å². The standard InChI is InChI=1S/C20H29F2N3O3/c1-20(2,3)28-19(26)25-6-4-24(5-7-25)18-16(21)12-15(13-17(18)22)14-23-8-10-27-11-9-23/h12-13H,4-11,14H2,1-3H3. The fourth-order valence-corrected chi connectivity index (χ4v) is 3.47. The second-order valence-electron chi connectivity index (χ2n) is 8.25. The number of ether oxygens (including phenoxy) is 2. The molecule has 2 aliphatic heterocycles. The summed E-state index contributed by atoms with van der Waals surface area (Å²) in [6.07, 6.45) is -0.394. The Morgan fingerprint density at radius 2 is 1.61 bits per heavy atom. The first-order chi connectivity index (χ1) is 13.2. The van der Waals surface area contributed by atoms with Gasteiger partial charge >= 0.3 is 6.09 Å². The molecule has 2 aliphatic rings. The van der Waals surface area contributed by atoms with Crippen molar-refractivity contribution in [2.75, 3.05) is 57.4 Å². The van der Waals surface area contributed by atoms with E-state index in [0.717, 1.165) is 13.1 Å². The van der Waals surface area contributed by atoms with Crippen LogP contribution in [0.2, 0.25) is 0 Å². The minimum atomic E-state index is -0.567. The third-order valence-electron chi connectivity index (χ3n) is 4.83. The summed E-state index contributed by atoms with van der Waals surface area (Å²) in [4.78, 5) is 17.5. The van der Waals surface area contributed by atoms with E-state index < -0.39 is 23.3 Å². The van der Waals surface area contributed by atoms with Gasteiger partial charge in [-0.15, -0.1) is 0 Å². The molecule has 0 spiro atoms. The Morgan fingerprint density at radius 3 is 2.14 bits per heavy atom. The summed E-state index contributed by atoms with van der Waals surface area (Å²) in [7, 11) is 0. The van der Waals surface area contributed by atoms with Crippen LogP contribution in [0.5, 0.6) is 0 Å². The first-order valence-corrected chi connectivity index (χ1v) is 9.74. The number of rotatable bonds is 3. The largest absolute Gasteiger partial charge is 0.444 e. The SMILES string of the molecule is CC(C)(C)OC(=O)N1CCN(c2c(F)cc(CN3CCOCC3)cc2F)CC1. The number of carbonyl (C=O) groups excluding carboxylic acids is 1. The van der Waals surface area contributed by atoms with E-state index in [0.29, 0.717) is 51.5 Å². The number of hydrogen-bond donors (Lipinski definition) is 0. The Labute approximate surface area is 165 Å². The van der Waals surface area contributed by atoms with Crippen LogP contribution in [0.25, 0.3) is 0 Å². The van der Waals surface area contributed by atoms with Crippen LogP contribution >= 0.6 is 0 Å². The zero-order chi connectivity index (χ0) is 20.3. The van der Waals surface area contributed by atoms with E-state index in [1.165, 1.54) is 12.1 Å². The second-order valence-corrected chi connectivity index (χ2v) is 8.25. The third kappa shape index (κ3) is 5.32. The van der Waals surface area contributed by atoms with Gasteiger partial charge in [-0.2, -0.15) is 0 Å². The lowest BCUT2D eigenvalue weighted by Gasteiger charge is -2.37. The topological polar surface area (TPSA) is 45.2 Å². The lowest BCUT2D eigenvalue weighted by molar-refractivity contribution is 0.0240. The first kappa shape index (κ1) is 20.8. The number of nitrogens with zero attached hydrogens (tertiary/aromatic N) is 3. The predicted octanol–water partition coefficient (Wildman–Crippen LogP) is 2.85. The highest BCUT2D eigenvalue weighted by Gasteiger charge is 2.28. The van der Waals surface area contributed by atoms with Crippen LogP contribution in [-0.2, 0) is 16.0 Å². The molecule has 0 aliphatic carbocycles. The molecule has 0 radical (unpaired) electrons. The number of hydrogen-bond acceptors (Lipinski definition) is 5. The van der Waals surface area contributed by atoms with Crippen molar-refractivity contribution in [2.24, 2.45) is 0 Å². The summed E-state index contributed by atoms with van der Waals surface area (Å²) < 4.78 is 40.1. The van der Waals surface area contributed by atoms with Crippen LogP contribution in [0.4, 0.5) is 19.3 Å². The summed E-state index contributed by atoms with van der Waals surface area (Å²) in [5.74, 6) is -1.12. The molecular weight excluding hydrogens is 368 g/mol. The van der Waals surface area contributed by atoms with Gasteiger partial charge in [0.2, 0.25) is 0 Å².